The summed E-state index contributed by atoms with van der Waals surface area (Å²) in [6, 6.07) is 11.1. The topological polar surface area (TPSA) is 95.3 Å². The molecule has 0 radical (unpaired) electrons. The highest BCUT2D eigenvalue weighted by atomic mass is 19.4. The average Bonchev–Trinajstić information content (AvgIpc) is 3.51. The molecule has 11 heteroatoms. The van der Waals surface area contributed by atoms with Crippen LogP contribution >= 0.6 is 0 Å². The number of para-hydroxylation sites is 1. The zero-order chi connectivity index (χ0) is 26.3. The number of methoxy groups -OCH3 is 1. The van der Waals surface area contributed by atoms with Gasteiger partial charge in [0, 0.05) is 48.2 Å². The maximum atomic E-state index is 13.9. The van der Waals surface area contributed by atoms with Gasteiger partial charge < -0.3 is 30.6 Å². The van der Waals surface area contributed by atoms with Crippen LogP contribution in [0.1, 0.15) is 12.0 Å². The minimum absolute atomic E-state index is 0.0289. The van der Waals surface area contributed by atoms with Crippen molar-refractivity contribution in [2.75, 3.05) is 50.2 Å². The first-order valence-electron chi connectivity index (χ1n) is 11.8. The number of rotatable bonds is 6. The molecule has 5 rings (SSSR count). The summed E-state index contributed by atoms with van der Waals surface area (Å²) >= 11 is 0. The van der Waals surface area contributed by atoms with Gasteiger partial charge in [0.25, 0.3) is 0 Å². The highest BCUT2D eigenvalue weighted by molar-refractivity contribution is 5.98. The normalized spacial score (nSPS) is 16.1. The molecular formula is C26H28F3N7O. The maximum absolute atomic E-state index is 13.9. The molecule has 4 N–H and O–H groups in total. The van der Waals surface area contributed by atoms with Crippen LogP contribution in [0.4, 0.5) is 36.2 Å². The number of hydrogen-bond donors (Lipinski definition) is 3. The number of nitrogen functional groups attached to an aromatic ring is 1. The van der Waals surface area contributed by atoms with Crippen molar-refractivity contribution in [1.82, 2.24) is 19.9 Å². The molecule has 1 aliphatic rings. The Morgan fingerprint density at radius 2 is 2.03 bits per heavy atom. The van der Waals surface area contributed by atoms with Gasteiger partial charge in [0.2, 0.25) is 5.95 Å². The molecule has 3 heterocycles. The van der Waals surface area contributed by atoms with Gasteiger partial charge in [-0.2, -0.15) is 13.2 Å². The van der Waals surface area contributed by atoms with Crippen LogP contribution in [-0.4, -0.2) is 60.2 Å². The Morgan fingerprint density at radius 3 is 2.70 bits per heavy atom. The van der Waals surface area contributed by atoms with Crippen molar-refractivity contribution in [3.63, 3.8) is 0 Å². The van der Waals surface area contributed by atoms with Gasteiger partial charge in [-0.05, 0) is 44.8 Å². The number of anilines is 4. The lowest BCUT2D eigenvalue weighted by Crippen LogP contribution is -2.31. The molecule has 2 aromatic heterocycles. The number of H-pyrrole nitrogens is 1. The van der Waals surface area contributed by atoms with Gasteiger partial charge >= 0.3 is 6.18 Å². The zero-order valence-electron chi connectivity index (χ0n) is 20.7. The first-order chi connectivity index (χ1) is 17.7. The third kappa shape index (κ3) is 4.74. The summed E-state index contributed by atoms with van der Waals surface area (Å²) in [7, 11) is 5.63. The van der Waals surface area contributed by atoms with Gasteiger partial charge in [-0.25, -0.2) is 9.97 Å². The molecule has 8 nitrogen and oxygen atoms in total. The van der Waals surface area contributed by atoms with Crippen LogP contribution in [0, 0.1) is 0 Å². The lowest BCUT2D eigenvalue weighted by atomic mass is 10.1. The van der Waals surface area contributed by atoms with Crippen LogP contribution in [0.5, 0.6) is 5.75 Å². The van der Waals surface area contributed by atoms with Crippen LogP contribution in [0.2, 0.25) is 0 Å². The Hall–Kier alpha value is -3.99. The van der Waals surface area contributed by atoms with E-state index in [-0.39, 0.29) is 11.6 Å². The molecule has 1 atom stereocenters. The van der Waals surface area contributed by atoms with E-state index in [2.05, 4.69) is 44.2 Å². The van der Waals surface area contributed by atoms with Crippen molar-refractivity contribution in [2.45, 2.75) is 18.6 Å². The van der Waals surface area contributed by atoms with Crippen LogP contribution in [0.3, 0.4) is 0 Å². The van der Waals surface area contributed by atoms with Gasteiger partial charge in [-0.15, -0.1) is 0 Å². The number of aromatic amines is 1. The van der Waals surface area contributed by atoms with E-state index in [4.69, 9.17) is 10.5 Å². The van der Waals surface area contributed by atoms with Crippen LogP contribution in [0.25, 0.3) is 22.2 Å². The van der Waals surface area contributed by atoms with E-state index in [0.29, 0.717) is 39.6 Å². The summed E-state index contributed by atoms with van der Waals surface area (Å²) < 4.78 is 47.1. The summed E-state index contributed by atoms with van der Waals surface area (Å²) in [5.74, 6) is 0.552. The van der Waals surface area contributed by atoms with E-state index in [1.165, 1.54) is 13.3 Å². The predicted octanol–water partition coefficient (Wildman–Crippen LogP) is 5.12. The number of ether oxygens (including phenoxy) is 1. The molecule has 37 heavy (non-hydrogen) atoms. The molecule has 1 aliphatic heterocycles. The Labute approximate surface area is 212 Å². The third-order valence-corrected chi connectivity index (χ3v) is 6.76. The van der Waals surface area contributed by atoms with E-state index in [1.807, 2.05) is 12.1 Å². The van der Waals surface area contributed by atoms with Crippen molar-refractivity contribution in [3.05, 3.63) is 54.4 Å². The standard InChI is InChI=1S/C26H28F3N7O/c1-35(2)16-9-10-36(14-16)21-8-7-15(11-20(21)30)33-25-32-13-19(26(27,28)29)23(34-25)18-12-31-24-17(18)5-4-6-22(24)37-3/h4-8,11-13,16,31H,9-10,14,30H2,1-3H3,(H,32,33,34)/t16-/m0/s1. The lowest BCUT2D eigenvalue weighted by Gasteiger charge is -2.23. The van der Waals surface area contributed by atoms with Crippen molar-refractivity contribution < 1.29 is 17.9 Å². The molecule has 4 aromatic rings. The number of benzene rings is 2. The third-order valence-electron chi connectivity index (χ3n) is 6.76. The first-order valence-corrected chi connectivity index (χ1v) is 11.8. The SMILES string of the molecule is COc1cccc2c(-c3nc(Nc4ccc(N5CC[C@H](N(C)C)C5)c(N)c4)ncc3C(F)(F)F)c[nH]c12. The average molecular weight is 512 g/mol. The number of nitrogens with zero attached hydrogens (tertiary/aromatic N) is 4. The number of likely N-dealkylation sites (N-methyl/N-ethyl adjacent to an activating group) is 1. The summed E-state index contributed by atoms with van der Waals surface area (Å²) in [6.45, 7) is 1.78. The quantitative estimate of drug-likeness (QED) is 0.309. The predicted molar refractivity (Wildman–Crippen MR) is 139 cm³/mol. The number of hydrogen-bond acceptors (Lipinski definition) is 7. The van der Waals surface area contributed by atoms with E-state index in [9.17, 15) is 13.2 Å². The molecule has 2 aromatic carbocycles. The molecule has 0 amide bonds. The largest absolute Gasteiger partial charge is 0.495 e. The van der Waals surface area contributed by atoms with Crippen LogP contribution in [0.15, 0.2) is 48.8 Å². The van der Waals surface area contributed by atoms with Gasteiger partial charge in [-0.3, -0.25) is 0 Å². The lowest BCUT2D eigenvalue weighted by molar-refractivity contribution is -0.137. The number of halogens is 3. The van der Waals surface area contributed by atoms with E-state index < -0.39 is 11.7 Å². The van der Waals surface area contributed by atoms with E-state index in [0.717, 1.165) is 31.4 Å². The fourth-order valence-corrected chi connectivity index (χ4v) is 4.78. The summed E-state index contributed by atoms with van der Waals surface area (Å²) in [5.41, 5.74) is 8.15. The van der Waals surface area contributed by atoms with Gasteiger partial charge in [0.05, 0.1) is 29.7 Å². The van der Waals surface area contributed by atoms with Gasteiger partial charge in [0.1, 0.15) is 11.3 Å². The van der Waals surface area contributed by atoms with Gasteiger partial charge in [0.15, 0.2) is 0 Å². The van der Waals surface area contributed by atoms with E-state index >= 15 is 0 Å². The Morgan fingerprint density at radius 1 is 1.22 bits per heavy atom. The minimum Gasteiger partial charge on any atom is -0.495 e. The number of alkyl halides is 3. The summed E-state index contributed by atoms with van der Waals surface area (Å²) in [5, 5.41) is 3.57. The van der Waals surface area contributed by atoms with Crippen molar-refractivity contribution in [1.29, 1.82) is 0 Å². The number of nitrogens with one attached hydrogen (secondary N) is 2. The van der Waals surface area contributed by atoms with E-state index in [1.54, 1.807) is 24.3 Å². The van der Waals surface area contributed by atoms with Crippen molar-refractivity contribution in [2.24, 2.45) is 0 Å². The Balaban J connectivity index is 1.47. The Bertz CT molecular complexity index is 1430. The molecule has 0 bridgehead atoms. The number of aromatic nitrogens is 3. The summed E-state index contributed by atoms with van der Waals surface area (Å²) in [6.07, 6.45) is -1.29. The number of nitrogens with two attached hydrogens (primary N) is 1. The monoisotopic (exact) mass is 511 g/mol. The van der Waals surface area contributed by atoms with Crippen LogP contribution < -0.4 is 20.7 Å². The fraction of sp³-hybridized carbons (Fsp3) is 0.308. The molecule has 1 saturated heterocycles. The molecule has 0 saturated carbocycles. The maximum Gasteiger partial charge on any atom is 0.419 e. The van der Waals surface area contributed by atoms with Gasteiger partial charge in [-0.1, -0.05) is 12.1 Å². The molecule has 0 aliphatic carbocycles. The second kappa shape index (κ2) is 9.47. The molecular weight excluding hydrogens is 483 g/mol. The zero-order valence-corrected chi connectivity index (χ0v) is 20.7. The van der Waals surface area contributed by atoms with Crippen molar-refractivity contribution >= 4 is 33.9 Å². The smallest absolute Gasteiger partial charge is 0.419 e. The molecule has 0 spiro atoms. The van der Waals surface area contributed by atoms with Crippen LogP contribution in [-0.2, 0) is 6.18 Å². The molecule has 0 unspecified atom stereocenters. The summed E-state index contributed by atoms with van der Waals surface area (Å²) in [4.78, 5) is 15.7. The Kier molecular flexibility index (Phi) is 6.32. The highest BCUT2D eigenvalue weighted by Gasteiger charge is 2.36. The second-order valence-electron chi connectivity index (χ2n) is 9.29. The second-order valence-corrected chi connectivity index (χ2v) is 9.29. The van der Waals surface area contributed by atoms with Crippen molar-refractivity contribution in [3.8, 4) is 17.0 Å². The number of fused-ring (bicyclic) bond motifs is 1. The highest BCUT2D eigenvalue weighted by Crippen LogP contribution is 2.40. The fourth-order valence-electron chi connectivity index (χ4n) is 4.78. The molecule has 1 fully saturated rings. The minimum atomic E-state index is -4.64. The molecule has 194 valence electrons. The first kappa shape index (κ1) is 24.7.